The molecule has 4 aromatic rings. The second kappa shape index (κ2) is 9.03. The van der Waals surface area contributed by atoms with E-state index in [-0.39, 0.29) is 11.6 Å². The maximum Gasteiger partial charge on any atom is 0.334 e. The van der Waals surface area contributed by atoms with Gasteiger partial charge in [0.1, 0.15) is 5.69 Å². The van der Waals surface area contributed by atoms with Crippen LogP contribution < -0.4 is 21.1 Å². The van der Waals surface area contributed by atoms with E-state index < -0.39 is 0 Å². The maximum absolute atomic E-state index is 13.3. The number of amides is 1. The number of anilines is 3. The molecule has 170 valence electrons. The predicted molar refractivity (Wildman–Crippen MR) is 126 cm³/mol. The lowest BCUT2D eigenvalue weighted by atomic mass is 10.2. The highest BCUT2D eigenvalue weighted by molar-refractivity contribution is 5.98. The highest BCUT2D eigenvalue weighted by Gasteiger charge is 2.16. The Kier molecular flexibility index (Phi) is 5.99. The van der Waals surface area contributed by atoms with Crippen LogP contribution in [0.1, 0.15) is 18.2 Å². The number of hydrogen-bond acceptors (Lipinski definition) is 6. The molecule has 33 heavy (non-hydrogen) atoms. The van der Waals surface area contributed by atoms with Crippen LogP contribution in [0.3, 0.4) is 0 Å². The molecule has 0 unspecified atom stereocenters. The van der Waals surface area contributed by atoms with Crippen molar-refractivity contribution in [3.8, 4) is 5.88 Å². The van der Waals surface area contributed by atoms with E-state index in [1.807, 2.05) is 25.1 Å². The van der Waals surface area contributed by atoms with E-state index in [9.17, 15) is 9.59 Å². The quantitative estimate of drug-likeness (QED) is 0.402. The van der Waals surface area contributed by atoms with Crippen LogP contribution in [0.25, 0.3) is 5.65 Å². The summed E-state index contributed by atoms with van der Waals surface area (Å²) in [5.41, 5.74) is 3.88. The van der Waals surface area contributed by atoms with E-state index in [2.05, 4.69) is 27.3 Å². The molecule has 0 aliphatic heterocycles. The standard InChI is InChI=1S/C23H25N7O3/c1-5-17-11-24-21-18(26-19-13-28(3)27-22(19)33-4)14-29(23(32)30(17)21)12-15-8-7-9-16(10-15)25-20(31)6-2/h6-11,13-14,26H,2,5,12H2,1,3-4H3,(H,25,31). The normalized spacial score (nSPS) is 10.9. The third kappa shape index (κ3) is 4.36. The molecular formula is C23H25N7O3. The second-order valence-corrected chi connectivity index (χ2v) is 7.46. The smallest absolute Gasteiger partial charge is 0.334 e. The third-order valence-corrected chi connectivity index (χ3v) is 5.15. The number of benzene rings is 1. The molecule has 3 aromatic heterocycles. The molecule has 0 bridgehead atoms. The zero-order chi connectivity index (χ0) is 23.5. The van der Waals surface area contributed by atoms with Crippen molar-refractivity contribution in [2.75, 3.05) is 17.7 Å². The van der Waals surface area contributed by atoms with Crippen molar-refractivity contribution in [3.63, 3.8) is 0 Å². The van der Waals surface area contributed by atoms with E-state index in [1.165, 1.54) is 6.08 Å². The second-order valence-electron chi connectivity index (χ2n) is 7.46. The summed E-state index contributed by atoms with van der Waals surface area (Å²) in [6, 6.07) is 7.32. The van der Waals surface area contributed by atoms with Gasteiger partial charge in [0.25, 0.3) is 5.88 Å². The maximum atomic E-state index is 13.3. The first-order valence-electron chi connectivity index (χ1n) is 10.4. The SMILES string of the molecule is C=CC(=O)Nc1cccc(Cn2cc(Nc3cn(C)nc3OC)c3ncc(CC)n3c2=O)c1. The Morgan fingerprint density at radius 2 is 2.09 bits per heavy atom. The first-order chi connectivity index (χ1) is 15.9. The monoisotopic (exact) mass is 447 g/mol. The number of imidazole rings is 1. The third-order valence-electron chi connectivity index (χ3n) is 5.15. The fourth-order valence-corrected chi connectivity index (χ4v) is 3.63. The summed E-state index contributed by atoms with van der Waals surface area (Å²) in [5.74, 6) is 0.134. The summed E-state index contributed by atoms with van der Waals surface area (Å²) in [5, 5.41) is 10.3. The van der Waals surface area contributed by atoms with Crippen molar-refractivity contribution in [2.45, 2.75) is 19.9 Å². The predicted octanol–water partition coefficient (Wildman–Crippen LogP) is 2.72. The fraction of sp³-hybridized carbons (Fsp3) is 0.217. The van der Waals surface area contributed by atoms with Gasteiger partial charge in [-0.15, -0.1) is 5.10 Å². The summed E-state index contributed by atoms with van der Waals surface area (Å²) in [6.07, 6.45) is 7.09. The number of fused-ring (bicyclic) bond motifs is 1. The number of rotatable bonds is 8. The molecule has 1 aromatic carbocycles. The number of carbonyl (C=O) groups is 1. The van der Waals surface area contributed by atoms with Gasteiger partial charge in [-0.05, 0) is 30.2 Å². The summed E-state index contributed by atoms with van der Waals surface area (Å²) < 4.78 is 10.2. The van der Waals surface area contributed by atoms with Crippen LogP contribution in [0.15, 0.2) is 60.3 Å². The average Bonchev–Trinajstić information content (AvgIpc) is 3.40. The minimum absolute atomic E-state index is 0.205. The van der Waals surface area contributed by atoms with Gasteiger partial charge in [0.2, 0.25) is 5.91 Å². The number of nitrogens with one attached hydrogen (secondary N) is 2. The van der Waals surface area contributed by atoms with Gasteiger partial charge in [-0.1, -0.05) is 25.6 Å². The number of methoxy groups -OCH3 is 1. The molecular weight excluding hydrogens is 422 g/mol. The molecule has 10 nitrogen and oxygen atoms in total. The average molecular weight is 447 g/mol. The molecule has 4 rings (SSSR count). The van der Waals surface area contributed by atoms with Gasteiger partial charge in [-0.25, -0.2) is 14.2 Å². The molecule has 0 fully saturated rings. The lowest BCUT2D eigenvalue weighted by Crippen LogP contribution is -2.28. The largest absolute Gasteiger partial charge is 0.478 e. The molecule has 0 spiro atoms. The Morgan fingerprint density at radius 1 is 1.27 bits per heavy atom. The van der Waals surface area contributed by atoms with Gasteiger partial charge in [-0.2, -0.15) is 0 Å². The van der Waals surface area contributed by atoms with Crippen molar-refractivity contribution in [2.24, 2.45) is 7.05 Å². The Labute approximate surface area is 190 Å². The Bertz CT molecular complexity index is 1400. The van der Waals surface area contributed by atoms with Crippen LogP contribution in [0.5, 0.6) is 5.88 Å². The van der Waals surface area contributed by atoms with Gasteiger partial charge >= 0.3 is 5.69 Å². The molecule has 3 heterocycles. The number of hydrogen-bond donors (Lipinski definition) is 2. The molecule has 0 radical (unpaired) electrons. The minimum Gasteiger partial charge on any atom is -0.478 e. The Balaban J connectivity index is 1.78. The zero-order valence-corrected chi connectivity index (χ0v) is 18.7. The number of carbonyl (C=O) groups excluding carboxylic acids is 1. The lowest BCUT2D eigenvalue weighted by Gasteiger charge is -2.13. The summed E-state index contributed by atoms with van der Waals surface area (Å²) in [6.45, 7) is 5.74. The Hall–Kier alpha value is -4.34. The number of aromatic nitrogens is 5. The summed E-state index contributed by atoms with van der Waals surface area (Å²) in [7, 11) is 3.35. The van der Waals surface area contributed by atoms with E-state index in [0.717, 1.165) is 11.3 Å². The highest BCUT2D eigenvalue weighted by Crippen LogP contribution is 2.27. The topological polar surface area (TPSA) is 107 Å². The molecule has 0 atom stereocenters. The number of aryl methyl sites for hydroxylation is 2. The van der Waals surface area contributed by atoms with E-state index in [0.29, 0.717) is 41.6 Å². The van der Waals surface area contributed by atoms with Crippen molar-refractivity contribution >= 4 is 28.6 Å². The van der Waals surface area contributed by atoms with Crippen molar-refractivity contribution < 1.29 is 9.53 Å². The first kappa shape index (κ1) is 21.9. The lowest BCUT2D eigenvalue weighted by molar-refractivity contribution is -0.111. The fourth-order valence-electron chi connectivity index (χ4n) is 3.63. The van der Waals surface area contributed by atoms with Crippen molar-refractivity contribution in [3.05, 3.63) is 77.3 Å². The summed E-state index contributed by atoms with van der Waals surface area (Å²) in [4.78, 5) is 29.5. The highest BCUT2D eigenvalue weighted by atomic mass is 16.5. The van der Waals surface area contributed by atoms with Crippen LogP contribution in [0.4, 0.5) is 17.1 Å². The van der Waals surface area contributed by atoms with E-state index in [1.54, 1.807) is 52.5 Å². The molecule has 0 saturated heterocycles. The van der Waals surface area contributed by atoms with Crippen LogP contribution in [0.2, 0.25) is 0 Å². The number of ether oxygens (including phenoxy) is 1. The summed E-state index contributed by atoms with van der Waals surface area (Å²) >= 11 is 0. The molecule has 2 N–H and O–H groups in total. The molecule has 10 heteroatoms. The van der Waals surface area contributed by atoms with Crippen molar-refractivity contribution in [1.82, 2.24) is 23.7 Å². The first-order valence-corrected chi connectivity index (χ1v) is 10.4. The molecule has 0 aliphatic rings. The van der Waals surface area contributed by atoms with Gasteiger partial charge in [0.05, 0.1) is 25.5 Å². The molecule has 0 saturated carbocycles. The van der Waals surface area contributed by atoms with Crippen molar-refractivity contribution in [1.29, 1.82) is 0 Å². The molecule has 0 aliphatic carbocycles. The van der Waals surface area contributed by atoms with Crippen LogP contribution in [-0.2, 0) is 24.8 Å². The van der Waals surface area contributed by atoms with E-state index >= 15 is 0 Å². The van der Waals surface area contributed by atoms with Gasteiger partial charge in [0.15, 0.2) is 5.65 Å². The van der Waals surface area contributed by atoms with Crippen LogP contribution in [-0.4, -0.2) is 36.7 Å². The minimum atomic E-state index is -0.298. The van der Waals surface area contributed by atoms with E-state index in [4.69, 9.17) is 4.74 Å². The van der Waals surface area contributed by atoms with Crippen LogP contribution in [0, 0.1) is 0 Å². The Morgan fingerprint density at radius 3 is 2.82 bits per heavy atom. The molecule has 1 amide bonds. The van der Waals surface area contributed by atoms with Crippen LogP contribution >= 0.6 is 0 Å². The number of nitrogens with zero attached hydrogens (tertiary/aromatic N) is 5. The van der Waals surface area contributed by atoms with Gasteiger partial charge < -0.3 is 15.4 Å². The zero-order valence-electron chi connectivity index (χ0n) is 18.7. The van der Waals surface area contributed by atoms with Gasteiger partial charge in [0, 0.05) is 30.8 Å². The van der Waals surface area contributed by atoms with Gasteiger partial charge in [-0.3, -0.25) is 14.0 Å².